The van der Waals surface area contributed by atoms with Gasteiger partial charge in [0.25, 0.3) is 5.91 Å². The molecule has 1 aliphatic rings. The summed E-state index contributed by atoms with van der Waals surface area (Å²) in [5, 5.41) is 0. The molecule has 1 fully saturated rings. The number of hydrogen-bond acceptors (Lipinski definition) is 4. The number of aryl methyl sites for hydroxylation is 1. The van der Waals surface area contributed by atoms with Crippen molar-refractivity contribution in [1.29, 1.82) is 0 Å². The van der Waals surface area contributed by atoms with Crippen LogP contribution in [0, 0.1) is 6.92 Å². The molecule has 0 aliphatic carbocycles. The summed E-state index contributed by atoms with van der Waals surface area (Å²) in [4.78, 5) is 26.1. The van der Waals surface area contributed by atoms with Gasteiger partial charge >= 0.3 is 0 Å². The molecule has 0 N–H and O–H groups in total. The third-order valence-corrected chi connectivity index (χ3v) is 4.78. The third kappa shape index (κ3) is 3.65. The van der Waals surface area contributed by atoms with Crippen LogP contribution in [0.4, 0.5) is 5.82 Å². The number of hydrogen-bond donors (Lipinski definition) is 0. The second kappa shape index (κ2) is 7.21. The first-order chi connectivity index (χ1) is 12.0. The zero-order valence-corrected chi connectivity index (χ0v) is 15.5. The van der Waals surface area contributed by atoms with Crippen molar-refractivity contribution < 1.29 is 4.79 Å². The molecular formula is C20H26N4O. The van der Waals surface area contributed by atoms with Gasteiger partial charge in [0.05, 0.1) is 0 Å². The molecule has 1 aromatic carbocycles. The number of anilines is 1. The lowest BCUT2D eigenvalue weighted by atomic mass is 10.1. The molecule has 25 heavy (non-hydrogen) atoms. The number of likely N-dealkylation sites (tertiary alicyclic amines) is 1. The Morgan fingerprint density at radius 1 is 1.24 bits per heavy atom. The van der Waals surface area contributed by atoms with Gasteiger partial charge in [-0.3, -0.25) is 4.79 Å². The summed E-state index contributed by atoms with van der Waals surface area (Å²) in [6.45, 7) is 7.89. The smallest absolute Gasteiger partial charge is 0.259 e. The highest BCUT2D eigenvalue weighted by molar-refractivity contribution is 5.99. The van der Waals surface area contributed by atoms with Gasteiger partial charge in [-0.25, -0.2) is 9.97 Å². The maximum atomic E-state index is 12.9. The fourth-order valence-electron chi connectivity index (χ4n) is 3.05. The first-order valence-electron chi connectivity index (χ1n) is 8.93. The van der Waals surface area contributed by atoms with Gasteiger partial charge in [-0.1, -0.05) is 23.8 Å². The van der Waals surface area contributed by atoms with Crippen LogP contribution in [0.2, 0.25) is 0 Å². The molecule has 1 saturated heterocycles. The maximum absolute atomic E-state index is 12.9. The van der Waals surface area contributed by atoms with E-state index in [2.05, 4.69) is 37.9 Å². The van der Waals surface area contributed by atoms with E-state index in [4.69, 9.17) is 4.98 Å². The van der Waals surface area contributed by atoms with E-state index in [1.165, 1.54) is 0 Å². The van der Waals surface area contributed by atoms with E-state index < -0.39 is 0 Å². The average molecular weight is 338 g/mol. The minimum atomic E-state index is 0.0378. The summed E-state index contributed by atoms with van der Waals surface area (Å²) in [6, 6.07) is 8.37. The summed E-state index contributed by atoms with van der Waals surface area (Å²) in [5.74, 6) is 1.40. The van der Waals surface area contributed by atoms with E-state index in [9.17, 15) is 4.79 Å². The minimum absolute atomic E-state index is 0.0378. The van der Waals surface area contributed by atoms with Crippen LogP contribution in [-0.2, 0) is 0 Å². The van der Waals surface area contributed by atoms with Crippen molar-refractivity contribution in [2.24, 2.45) is 0 Å². The number of benzene rings is 1. The minimum Gasteiger partial charge on any atom is -0.356 e. The predicted molar refractivity (Wildman–Crippen MR) is 101 cm³/mol. The molecule has 0 atom stereocenters. The molecule has 1 aromatic heterocycles. The fraction of sp³-hybridized carbons (Fsp3) is 0.450. The summed E-state index contributed by atoms with van der Waals surface area (Å²) in [6.07, 6.45) is 3.84. The molecule has 0 bridgehead atoms. The number of amides is 1. The Labute approximate surface area is 149 Å². The van der Waals surface area contributed by atoms with Crippen molar-refractivity contribution in [3.8, 4) is 11.4 Å². The van der Waals surface area contributed by atoms with E-state index >= 15 is 0 Å². The highest BCUT2D eigenvalue weighted by Crippen LogP contribution is 2.25. The van der Waals surface area contributed by atoms with Gasteiger partial charge < -0.3 is 9.80 Å². The van der Waals surface area contributed by atoms with Crippen LogP contribution in [0.3, 0.4) is 0 Å². The van der Waals surface area contributed by atoms with Crippen LogP contribution in [0.5, 0.6) is 0 Å². The van der Waals surface area contributed by atoms with E-state index in [-0.39, 0.29) is 11.9 Å². The van der Waals surface area contributed by atoms with Crippen molar-refractivity contribution in [2.45, 2.75) is 39.7 Å². The highest BCUT2D eigenvalue weighted by atomic mass is 16.2. The third-order valence-electron chi connectivity index (χ3n) is 4.78. The highest BCUT2D eigenvalue weighted by Gasteiger charge is 2.25. The molecule has 3 rings (SSSR count). The zero-order valence-electron chi connectivity index (χ0n) is 15.5. The summed E-state index contributed by atoms with van der Waals surface area (Å²) < 4.78 is 0. The Morgan fingerprint density at radius 2 is 1.96 bits per heavy atom. The van der Waals surface area contributed by atoms with Crippen molar-refractivity contribution in [3.05, 3.63) is 41.6 Å². The van der Waals surface area contributed by atoms with E-state index in [1.807, 2.05) is 29.0 Å². The average Bonchev–Trinajstić information content (AvgIpc) is 3.14. The van der Waals surface area contributed by atoms with E-state index in [0.29, 0.717) is 17.2 Å². The van der Waals surface area contributed by atoms with Gasteiger partial charge in [0.1, 0.15) is 11.4 Å². The molecule has 0 radical (unpaired) electrons. The first-order valence-corrected chi connectivity index (χ1v) is 8.93. The summed E-state index contributed by atoms with van der Waals surface area (Å²) in [5.41, 5.74) is 2.73. The molecule has 5 heteroatoms. The Hall–Kier alpha value is -2.43. The van der Waals surface area contributed by atoms with Gasteiger partial charge in [0, 0.05) is 37.9 Å². The van der Waals surface area contributed by atoms with Crippen LogP contribution in [-0.4, -0.2) is 47.0 Å². The quantitative estimate of drug-likeness (QED) is 0.856. The van der Waals surface area contributed by atoms with Crippen molar-refractivity contribution in [2.75, 3.05) is 25.0 Å². The van der Waals surface area contributed by atoms with Crippen LogP contribution in [0.15, 0.2) is 30.5 Å². The monoisotopic (exact) mass is 338 g/mol. The zero-order chi connectivity index (χ0) is 18.0. The van der Waals surface area contributed by atoms with Gasteiger partial charge in [-0.05, 0) is 39.7 Å². The molecule has 132 valence electrons. The molecule has 0 spiro atoms. The lowest BCUT2D eigenvalue weighted by Gasteiger charge is -2.26. The molecule has 2 heterocycles. The van der Waals surface area contributed by atoms with Crippen LogP contribution in [0.25, 0.3) is 11.4 Å². The normalized spacial score (nSPS) is 14.2. The van der Waals surface area contributed by atoms with Crippen LogP contribution in [0.1, 0.15) is 42.6 Å². The topological polar surface area (TPSA) is 49.3 Å². The maximum Gasteiger partial charge on any atom is 0.259 e. The van der Waals surface area contributed by atoms with Gasteiger partial charge in [-0.2, -0.15) is 0 Å². The Bertz CT molecular complexity index is 766. The van der Waals surface area contributed by atoms with Gasteiger partial charge in [0.15, 0.2) is 5.82 Å². The Balaban J connectivity index is 2.04. The largest absolute Gasteiger partial charge is 0.356 e. The van der Waals surface area contributed by atoms with Gasteiger partial charge in [-0.15, -0.1) is 0 Å². The number of aromatic nitrogens is 2. The Kier molecular flexibility index (Phi) is 5.02. The predicted octanol–water partition coefficient (Wildman–Crippen LogP) is 3.53. The lowest BCUT2D eigenvalue weighted by Crippen LogP contribution is -2.33. The standard InChI is InChI=1S/C20H26N4O/c1-14(2)23(4)19-17(20(25)24-10-5-6-11-24)13-21-18(22-19)16-9-7-8-15(3)12-16/h7-9,12-14H,5-6,10-11H2,1-4H3. The van der Waals surface area contributed by atoms with Crippen molar-refractivity contribution in [1.82, 2.24) is 14.9 Å². The van der Waals surface area contributed by atoms with Crippen molar-refractivity contribution >= 4 is 11.7 Å². The first kappa shape index (κ1) is 17.4. The molecule has 0 unspecified atom stereocenters. The number of rotatable bonds is 4. The molecule has 1 amide bonds. The summed E-state index contributed by atoms with van der Waals surface area (Å²) >= 11 is 0. The van der Waals surface area contributed by atoms with E-state index in [1.54, 1.807) is 6.20 Å². The second-order valence-corrected chi connectivity index (χ2v) is 7.00. The number of nitrogens with zero attached hydrogens (tertiary/aromatic N) is 4. The Morgan fingerprint density at radius 3 is 2.60 bits per heavy atom. The van der Waals surface area contributed by atoms with Crippen LogP contribution >= 0.6 is 0 Å². The second-order valence-electron chi connectivity index (χ2n) is 7.00. The molecule has 5 nitrogen and oxygen atoms in total. The molecule has 2 aromatic rings. The van der Waals surface area contributed by atoms with E-state index in [0.717, 1.165) is 37.1 Å². The SMILES string of the molecule is Cc1cccc(-c2ncc(C(=O)N3CCCC3)c(N(C)C(C)C)n2)c1. The van der Waals surface area contributed by atoms with Crippen molar-refractivity contribution in [3.63, 3.8) is 0 Å². The number of carbonyl (C=O) groups is 1. The van der Waals surface area contributed by atoms with Gasteiger partial charge in [0.2, 0.25) is 0 Å². The molecule has 1 aliphatic heterocycles. The summed E-state index contributed by atoms with van der Waals surface area (Å²) in [7, 11) is 1.98. The van der Waals surface area contributed by atoms with Crippen LogP contribution < -0.4 is 4.90 Å². The fourth-order valence-corrected chi connectivity index (χ4v) is 3.05. The lowest BCUT2D eigenvalue weighted by molar-refractivity contribution is 0.0792. The molecule has 0 saturated carbocycles. The number of carbonyl (C=O) groups excluding carboxylic acids is 1. The molecular weight excluding hydrogens is 312 g/mol.